The molecule has 0 atom stereocenters. The van der Waals surface area contributed by atoms with E-state index in [4.69, 9.17) is 0 Å². The second-order valence-electron chi connectivity index (χ2n) is 3.79. The molecule has 0 N–H and O–H groups in total. The molecule has 3 nitrogen and oxygen atoms in total. The van der Waals surface area contributed by atoms with Crippen LogP contribution in [0, 0.1) is 0 Å². The van der Waals surface area contributed by atoms with Crippen LogP contribution in [0.5, 0.6) is 0 Å². The van der Waals surface area contributed by atoms with Crippen LogP contribution in [0.25, 0.3) is 16.5 Å². The Morgan fingerprint density at radius 3 is 2.71 bits per heavy atom. The number of benzene rings is 1. The average Bonchev–Trinajstić information content (AvgIpc) is 2.40. The molecule has 1 aromatic carbocycles. The molecule has 0 saturated carbocycles. The highest BCUT2D eigenvalue weighted by Crippen LogP contribution is 2.10. The van der Waals surface area contributed by atoms with Gasteiger partial charge < -0.3 is 0 Å². The third kappa shape index (κ3) is 1.61. The van der Waals surface area contributed by atoms with E-state index in [2.05, 4.69) is 4.98 Å². The van der Waals surface area contributed by atoms with Gasteiger partial charge in [-0.1, -0.05) is 18.2 Å². The van der Waals surface area contributed by atoms with Gasteiger partial charge in [0.1, 0.15) is 0 Å². The van der Waals surface area contributed by atoms with E-state index in [1.165, 1.54) is 0 Å². The predicted molar refractivity (Wildman–Crippen MR) is 67.3 cm³/mol. The quantitative estimate of drug-likeness (QED) is 0.633. The van der Waals surface area contributed by atoms with Crippen molar-refractivity contribution in [2.45, 2.75) is 0 Å². The minimum Gasteiger partial charge on any atom is -0.282 e. The highest BCUT2D eigenvalue weighted by atomic mass is 16.1. The normalized spacial score (nSPS) is 10.6. The Kier molecular flexibility index (Phi) is 2.22. The number of rotatable bonds is 1. The molecule has 2 aromatic heterocycles. The summed E-state index contributed by atoms with van der Waals surface area (Å²) in [5, 5.41) is 1.68. The van der Waals surface area contributed by atoms with Gasteiger partial charge in [0, 0.05) is 17.8 Å². The summed E-state index contributed by atoms with van der Waals surface area (Å²) in [6, 6.07) is 13.2. The van der Waals surface area contributed by atoms with Crippen LogP contribution < -0.4 is 5.56 Å². The first-order chi connectivity index (χ1) is 8.36. The maximum absolute atomic E-state index is 12.3. The summed E-state index contributed by atoms with van der Waals surface area (Å²) in [7, 11) is 0. The largest absolute Gasteiger partial charge is 0.282 e. The van der Waals surface area contributed by atoms with Gasteiger partial charge in [0.15, 0.2) is 0 Å². The molecule has 0 spiro atoms. The second kappa shape index (κ2) is 3.87. The Bertz CT molecular complexity index is 717. The maximum Gasteiger partial charge on any atom is 0.262 e. The van der Waals surface area contributed by atoms with E-state index in [0.717, 1.165) is 16.5 Å². The number of hydrogen-bond acceptors (Lipinski definition) is 2. The summed E-state index contributed by atoms with van der Waals surface area (Å²) in [5.41, 5.74) is 0.763. The molecule has 3 heteroatoms. The minimum atomic E-state index is -0.0175. The number of fused-ring (bicyclic) bond motifs is 1. The lowest BCUT2D eigenvalue weighted by molar-refractivity contribution is 0.995. The molecule has 3 aromatic rings. The predicted octanol–water partition coefficient (Wildman–Crippen LogP) is 2.39. The first kappa shape index (κ1) is 9.78. The third-order valence-corrected chi connectivity index (χ3v) is 2.74. The second-order valence-corrected chi connectivity index (χ2v) is 3.79. The molecule has 0 aliphatic heterocycles. The fourth-order valence-corrected chi connectivity index (χ4v) is 1.89. The van der Waals surface area contributed by atoms with Crippen LogP contribution in [0.1, 0.15) is 0 Å². The van der Waals surface area contributed by atoms with Crippen LogP contribution >= 0.6 is 0 Å². The Morgan fingerprint density at radius 1 is 1.00 bits per heavy atom. The summed E-state index contributed by atoms with van der Waals surface area (Å²) in [6.07, 6.45) is 5.15. The van der Waals surface area contributed by atoms with Crippen molar-refractivity contribution in [3.63, 3.8) is 0 Å². The van der Waals surface area contributed by atoms with Crippen molar-refractivity contribution in [3.05, 3.63) is 71.4 Å². The average molecular weight is 222 g/mol. The summed E-state index contributed by atoms with van der Waals surface area (Å²) in [5.74, 6) is 0. The molecule has 0 unspecified atom stereocenters. The molecule has 2 heterocycles. The molecule has 0 saturated heterocycles. The van der Waals surface area contributed by atoms with Gasteiger partial charge in [-0.05, 0) is 29.7 Å². The van der Waals surface area contributed by atoms with E-state index in [-0.39, 0.29) is 5.56 Å². The fraction of sp³-hybridized carbons (Fsp3) is 0. The lowest BCUT2D eigenvalue weighted by Gasteiger charge is -2.06. The zero-order valence-corrected chi connectivity index (χ0v) is 9.08. The molecule has 82 valence electrons. The summed E-state index contributed by atoms with van der Waals surface area (Å²) in [4.78, 5) is 16.3. The van der Waals surface area contributed by atoms with Crippen molar-refractivity contribution in [2.24, 2.45) is 0 Å². The van der Waals surface area contributed by atoms with Gasteiger partial charge in [-0.2, -0.15) is 0 Å². The van der Waals surface area contributed by atoms with Gasteiger partial charge in [-0.15, -0.1) is 0 Å². The van der Waals surface area contributed by atoms with Gasteiger partial charge in [0.2, 0.25) is 0 Å². The van der Waals surface area contributed by atoms with Crippen molar-refractivity contribution >= 4 is 10.8 Å². The summed E-state index contributed by atoms with van der Waals surface area (Å²) in [6.45, 7) is 0. The summed E-state index contributed by atoms with van der Waals surface area (Å²) >= 11 is 0. The van der Waals surface area contributed by atoms with Crippen molar-refractivity contribution < 1.29 is 0 Å². The number of aromatic nitrogens is 2. The molecule has 0 radical (unpaired) electrons. The minimum absolute atomic E-state index is 0.0175. The van der Waals surface area contributed by atoms with E-state index in [9.17, 15) is 4.79 Å². The number of pyridine rings is 2. The standard InChI is InChI=1S/C14H10N2O/c17-14-13-6-2-1-4-11(13)7-9-16(14)12-5-3-8-15-10-12/h1-10H. The fourth-order valence-electron chi connectivity index (χ4n) is 1.89. The van der Waals surface area contributed by atoms with Crippen molar-refractivity contribution in [2.75, 3.05) is 0 Å². The van der Waals surface area contributed by atoms with Crippen molar-refractivity contribution in [3.8, 4) is 5.69 Å². The molecule has 0 amide bonds. The first-order valence-electron chi connectivity index (χ1n) is 5.37. The zero-order chi connectivity index (χ0) is 11.7. The maximum atomic E-state index is 12.3. The Labute approximate surface area is 98.0 Å². The van der Waals surface area contributed by atoms with Crippen LogP contribution in [0.3, 0.4) is 0 Å². The molecular formula is C14H10N2O. The highest BCUT2D eigenvalue weighted by Gasteiger charge is 2.03. The van der Waals surface area contributed by atoms with Gasteiger partial charge in [-0.3, -0.25) is 14.3 Å². The van der Waals surface area contributed by atoms with E-state index < -0.39 is 0 Å². The number of nitrogens with zero attached hydrogens (tertiary/aromatic N) is 2. The molecule has 3 rings (SSSR count). The molecule has 0 aliphatic rings. The zero-order valence-electron chi connectivity index (χ0n) is 9.08. The van der Waals surface area contributed by atoms with Crippen molar-refractivity contribution in [1.29, 1.82) is 0 Å². The topological polar surface area (TPSA) is 34.9 Å². The van der Waals surface area contributed by atoms with E-state index in [1.54, 1.807) is 23.2 Å². The molecule has 0 fully saturated rings. The van der Waals surface area contributed by atoms with Crippen LogP contribution in [0.4, 0.5) is 0 Å². The number of hydrogen-bond donors (Lipinski definition) is 0. The Morgan fingerprint density at radius 2 is 1.88 bits per heavy atom. The smallest absolute Gasteiger partial charge is 0.262 e. The first-order valence-corrected chi connectivity index (χ1v) is 5.37. The Balaban J connectivity index is 2.33. The van der Waals surface area contributed by atoms with Crippen LogP contribution in [0.15, 0.2) is 65.8 Å². The van der Waals surface area contributed by atoms with Gasteiger partial charge in [0.25, 0.3) is 5.56 Å². The molecular weight excluding hydrogens is 212 g/mol. The van der Waals surface area contributed by atoms with Crippen LogP contribution in [-0.4, -0.2) is 9.55 Å². The molecule has 17 heavy (non-hydrogen) atoms. The monoisotopic (exact) mass is 222 g/mol. The van der Waals surface area contributed by atoms with Gasteiger partial charge in [0.05, 0.1) is 11.9 Å². The lowest BCUT2D eigenvalue weighted by Crippen LogP contribution is -2.17. The Hall–Kier alpha value is -2.42. The summed E-state index contributed by atoms with van der Waals surface area (Å²) < 4.78 is 1.61. The highest BCUT2D eigenvalue weighted by molar-refractivity contribution is 5.81. The van der Waals surface area contributed by atoms with Gasteiger partial charge in [-0.25, -0.2) is 0 Å². The lowest BCUT2D eigenvalue weighted by atomic mass is 10.2. The van der Waals surface area contributed by atoms with Crippen LogP contribution in [-0.2, 0) is 0 Å². The van der Waals surface area contributed by atoms with Gasteiger partial charge >= 0.3 is 0 Å². The van der Waals surface area contributed by atoms with E-state index in [1.807, 2.05) is 42.5 Å². The molecule has 0 bridgehead atoms. The van der Waals surface area contributed by atoms with Crippen molar-refractivity contribution in [1.82, 2.24) is 9.55 Å². The van der Waals surface area contributed by atoms with E-state index in [0.29, 0.717) is 0 Å². The van der Waals surface area contributed by atoms with E-state index >= 15 is 0 Å². The third-order valence-electron chi connectivity index (χ3n) is 2.74. The van der Waals surface area contributed by atoms with Crippen LogP contribution in [0.2, 0.25) is 0 Å². The molecule has 0 aliphatic carbocycles. The SMILES string of the molecule is O=c1c2ccccc2ccn1-c1cccnc1.